The topological polar surface area (TPSA) is 77.8 Å². The van der Waals surface area contributed by atoms with Crippen molar-refractivity contribution in [3.63, 3.8) is 0 Å². The van der Waals surface area contributed by atoms with E-state index in [0.717, 1.165) is 0 Å². The molecule has 0 aromatic heterocycles. The molecule has 0 rings (SSSR count). The van der Waals surface area contributed by atoms with Crippen molar-refractivity contribution < 1.29 is 20.4 Å². The molecule has 0 amide bonds. The normalized spacial score (nSPS) is 3.60. The van der Waals surface area contributed by atoms with E-state index < -0.39 is 0 Å². The van der Waals surface area contributed by atoms with Crippen LogP contribution in [0.25, 0.3) is 0 Å². The highest BCUT2D eigenvalue weighted by Gasteiger charge is 1.22. The first-order valence-electron chi connectivity index (χ1n) is 0.694. The van der Waals surface area contributed by atoms with Crippen molar-refractivity contribution in [3.05, 3.63) is 0 Å². The third-order valence-corrected chi connectivity index (χ3v) is 0. The van der Waals surface area contributed by atoms with Crippen molar-refractivity contribution in [3.8, 4) is 0 Å². The molecule has 0 radical (unpaired) electrons. The molecule has 32 valence electrons. The van der Waals surface area contributed by atoms with Gasteiger partial charge in [0.2, 0.25) is 0 Å². The Kier molecular flexibility index (Phi) is 225. The van der Waals surface area contributed by atoms with Crippen molar-refractivity contribution in [2.24, 2.45) is 0 Å². The van der Waals surface area contributed by atoms with Crippen molar-refractivity contribution in [2.75, 3.05) is 0 Å². The molecular weight excluding hydrogens is 76.0 g/mol. The summed E-state index contributed by atoms with van der Waals surface area (Å²) < 4.78 is 0. The summed E-state index contributed by atoms with van der Waals surface area (Å²) in [7, 11) is 0. The fraction of sp³-hybridized carbons (Fsp3) is 0. The summed E-state index contributed by atoms with van der Waals surface area (Å²) in [6, 6.07) is 0. The van der Waals surface area contributed by atoms with Gasteiger partial charge < -0.3 is 5.11 Å². The second kappa shape index (κ2) is 127. The molecule has 0 fully saturated rings. The lowest BCUT2D eigenvalue weighted by Gasteiger charge is -1.34. The fourth-order valence-electron chi connectivity index (χ4n) is 0. The van der Waals surface area contributed by atoms with Crippen LogP contribution in [0, 0.1) is 0 Å². The minimum absolute atomic E-state index is 0.250. The van der Waals surface area contributed by atoms with Crippen LogP contribution in [0.3, 0.4) is 0 Å². The zero-order chi connectivity index (χ0) is 4.71. The summed E-state index contributed by atoms with van der Waals surface area (Å²) in [5, 5.41) is 18.9. The van der Waals surface area contributed by atoms with E-state index in [1.165, 1.54) is 0 Å². The van der Waals surface area contributed by atoms with E-state index in [4.69, 9.17) is 20.4 Å². The van der Waals surface area contributed by atoms with Crippen LogP contribution >= 0.6 is 0 Å². The molecule has 0 aromatic rings. The molecule has 0 heterocycles. The molecule has 0 atom stereocenters. The van der Waals surface area contributed by atoms with Gasteiger partial charge in [0.15, 0.2) is 0 Å². The summed E-state index contributed by atoms with van der Waals surface area (Å²) >= 11 is 0. The van der Waals surface area contributed by atoms with Gasteiger partial charge in [-0.25, -0.2) is 0 Å². The van der Waals surface area contributed by atoms with Crippen molar-refractivity contribution in [1.29, 1.82) is 0 Å². The summed E-state index contributed by atoms with van der Waals surface area (Å²) in [5.41, 5.74) is 0. The van der Waals surface area contributed by atoms with E-state index in [9.17, 15) is 0 Å². The van der Waals surface area contributed by atoms with Crippen LogP contribution in [0.4, 0.5) is 0 Å². The van der Waals surface area contributed by atoms with Crippen LogP contribution in [0.15, 0.2) is 0 Å². The lowest BCUT2D eigenvalue weighted by atomic mass is 11.7. The number of hydrogen-bond acceptors (Lipinski definition) is 3. The molecule has 4 nitrogen and oxygen atoms in total. The molecule has 0 bridgehead atoms. The minimum Gasteiger partial charge on any atom is -0.483 e. The lowest BCUT2D eigenvalue weighted by Crippen LogP contribution is -1.49. The molecular formula is CH4O4. The molecule has 0 aliphatic heterocycles. The number of carboxylic acid groups (broad SMARTS) is 1. The van der Waals surface area contributed by atoms with Crippen LogP contribution in [-0.4, -0.2) is 22.1 Å². The first-order chi connectivity index (χ1) is 2.41. The second-order valence-corrected chi connectivity index (χ2v) is 0.105. The molecule has 0 saturated carbocycles. The summed E-state index contributed by atoms with van der Waals surface area (Å²) in [4.78, 5) is 8.36. The van der Waals surface area contributed by atoms with Gasteiger partial charge in [-0.05, 0) is 0 Å². The molecule has 0 aliphatic carbocycles. The van der Waals surface area contributed by atoms with Gasteiger partial charge in [0.1, 0.15) is 0 Å². The smallest absolute Gasteiger partial charge is 0.290 e. The lowest BCUT2D eigenvalue weighted by molar-refractivity contribution is -0.176. The zero-order valence-electron chi connectivity index (χ0n) is 2.33. The van der Waals surface area contributed by atoms with Crippen LogP contribution in [-0.2, 0) is 4.79 Å². The Morgan fingerprint density at radius 1 is 1.40 bits per heavy atom. The monoisotopic (exact) mass is 80.0 g/mol. The van der Waals surface area contributed by atoms with Gasteiger partial charge in [0.05, 0.1) is 0 Å². The summed E-state index contributed by atoms with van der Waals surface area (Å²) in [6.45, 7) is -0.250. The summed E-state index contributed by atoms with van der Waals surface area (Å²) in [5.74, 6) is 0. The Balaban J connectivity index is 0. The van der Waals surface area contributed by atoms with Crippen LogP contribution in [0.5, 0.6) is 0 Å². The van der Waals surface area contributed by atoms with E-state index in [0.29, 0.717) is 0 Å². The fourth-order valence-corrected chi connectivity index (χ4v) is 0. The standard InChI is InChI=1S/CH2O2.H2O2/c2-1-3;1-2/h1H,(H,2,3);1-2H. The van der Waals surface area contributed by atoms with E-state index >= 15 is 0 Å². The molecule has 0 saturated heterocycles. The van der Waals surface area contributed by atoms with E-state index in [2.05, 4.69) is 0 Å². The molecule has 3 N–H and O–H groups in total. The highest BCUT2D eigenvalue weighted by atomic mass is 17.0. The first-order valence-corrected chi connectivity index (χ1v) is 0.694. The quantitative estimate of drug-likeness (QED) is 0.212. The predicted octanol–water partition coefficient (Wildman–Crippen LogP) is -0.282. The van der Waals surface area contributed by atoms with Gasteiger partial charge in [-0.1, -0.05) is 0 Å². The van der Waals surface area contributed by atoms with E-state index in [-0.39, 0.29) is 6.47 Å². The highest BCUT2D eigenvalue weighted by Crippen LogP contribution is 0.966. The number of hydrogen-bond donors (Lipinski definition) is 3. The van der Waals surface area contributed by atoms with Gasteiger partial charge in [-0.2, -0.15) is 0 Å². The SMILES string of the molecule is O=CO.OO. The van der Waals surface area contributed by atoms with Crippen LogP contribution in [0.2, 0.25) is 0 Å². The highest BCUT2D eigenvalue weighted by molar-refractivity contribution is 5.32. The zero-order valence-corrected chi connectivity index (χ0v) is 2.33. The largest absolute Gasteiger partial charge is 0.483 e. The van der Waals surface area contributed by atoms with E-state index in [1.807, 2.05) is 0 Å². The third kappa shape index (κ3) is 17.6. The van der Waals surface area contributed by atoms with Crippen molar-refractivity contribution in [1.82, 2.24) is 0 Å². The molecule has 0 spiro atoms. The molecule has 0 aliphatic rings. The molecule has 0 unspecified atom stereocenters. The van der Waals surface area contributed by atoms with Gasteiger partial charge in [0, 0.05) is 0 Å². The maximum atomic E-state index is 8.36. The first kappa shape index (κ1) is 8.83. The Morgan fingerprint density at radius 3 is 1.40 bits per heavy atom. The maximum Gasteiger partial charge on any atom is 0.290 e. The van der Waals surface area contributed by atoms with Gasteiger partial charge in [0.25, 0.3) is 6.47 Å². The molecule has 5 heavy (non-hydrogen) atoms. The third-order valence-electron chi connectivity index (χ3n) is 0. The Morgan fingerprint density at radius 2 is 1.40 bits per heavy atom. The maximum absolute atomic E-state index is 8.36. The average molecular weight is 80.0 g/mol. The van der Waals surface area contributed by atoms with Crippen LogP contribution in [0.1, 0.15) is 0 Å². The van der Waals surface area contributed by atoms with Crippen LogP contribution < -0.4 is 0 Å². The Hall–Kier alpha value is -0.610. The van der Waals surface area contributed by atoms with Gasteiger partial charge in [-0.15, -0.1) is 0 Å². The van der Waals surface area contributed by atoms with Gasteiger partial charge in [-0.3, -0.25) is 15.3 Å². The van der Waals surface area contributed by atoms with E-state index in [1.54, 1.807) is 0 Å². The summed E-state index contributed by atoms with van der Waals surface area (Å²) in [6.07, 6.45) is 0. The Labute approximate surface area is 28.2 Å². The number of carbonyl (C=O) groups is 1. The molecule has 0 aromatic carbocycles. The van der Waals surface area contributed by atoms with Gasteiger partial charge >= 0.3 is 0 Å². The molecule has 4 heteroatoms. The Bertz CT molecular complexity index is 11.1. The van der Waals surface area contributed by atoms with Crippen molar-refractivity contribution in [2.45, 2.75) is 0 Å². The minimum atomic E-state index is -0.250. The van der Waals surface area contributed by atoms with Crippen molar-refractivity contribution >= 4 is 6.47 Å². The average Bonchev–Trinajstić information content (AvgIpc) is 1.46. The number of rotatable bonds is 0. The second-order valence-electron chi connectivity index (χ2n) is 0.105. The predicted molar refractivity (Wildman–Crippen MR) is 14.0 cm³/mol.